The topological polar surface area (TPSA) is 128 Å². The predicted molar refractivity (Wildman–Crippen MR) is 148 cm³/mol. The van der Waals surface area contributed by atoms with Gasteiger partial charge in [0.05, 0.1) is 13.4 Å². The van der Waals surface area contributed by atoms with Crippen molar-refractivity contribution in [1.29, 1.82) is 0 Å². The lowest BCUT2D eigenvalue weighted by Gasteiger charge is -2.07. The van der Waals surface area contributed by atoms with Crippen LogP contribution in [0.25, 0.3) is 11.2 Å². The molecule has 0 amide bonds. The summed E-state index contributed by atoms with van der Waals surface area (Å²) in [5.74, 6) is 0.410. The molecule has 0 aliphatic rings. The molecule has 0 fully saturated rings. The SMILES string of the molecule is COC(=O)CCCCCCCCCCCCCCCCn1cnc2c(NCCN[SH](=O)=O)nc(Cl)nc21. The van der Waals surface area contributed by atoms with Gasteiger partial charge in [0.1, 0.15) is 0 Å². The van der Waals surface area contributed by atoms with Crippen molar-refractivity contribution >= 4 is 45.4 Å². The highest BCUT2D eigenvalue weighted by Crippen LogP contribution is 2.21. The van der Waals surface area contributed by atoms with Crippen LogP contribution >= 0.6 is 11.6 Å². The Hall–Kier alpha value is -1.98. The smallest absolute Gasteiger partial charge is 0.305 e. The van der Waals surface area contributed by atoms with Crippen LogP contribution in [0.15, 0.2) is 6.33 Å². The molecular weight excluding hydrogens is 516 g/mol. The maximum Gasteiger partial charge on any atom is 0.305 e. The van der Waals surface area contributed by atoms with Gasteiger partial charge in [0.25, 0.3) is 0 Å². The van der Waals surface area contributed by atoms with Crippen molar-refractivity contribution in [2.75, 3.05) is 25.5 Å². The zero-order chi connectivity index (χ0) is 26.7. The molecule has 0 aliphatic carbocycles. The number of nitrogens with zero attached hydrogens (tertiary/aromatic N) is 4. The third-order valence-electron chi connectivity index (χ3n) is 6.35. The Kier molecular flexibility index (Phi) is 16.2. The molecule has 0 aliphatic heterocycles. The molecule has 0 atom stereocenters. The molecule has 2 heterocycles. The Balaban J connectivity index is 1.50. The molecule has 0 radical (unpaired) electrons. The molecule has 0 bridgehead atoms. The van der Waals surface area contributed by atoms with Crippen LogP contribution in [0, 0.1) is 0 Å². The van der Waals surface area contributed by atoms with Gasteiger partial charge in [0.2, 0.25) is 16.2 Å². The molecule has 37 heavy (non-hydrogen) atoms. The monoisotopic (exact) mass is 558 g/mol. The number of esters is 1. The lowest BCUT2D eigenvalue weighted by molar-refractivity contribution is -0.140. The number of methoxy groups -OCH3 is 1. The number of aryl methyl sites for hydroxylation is 1. The normalized spacial score (nSPS) is 11.4. The number of ether oxygens (including phenoxy) is 1. The largest absolute Gasteiger partial charge is 0.469 e. The summed E-state index contributed by atoms with van der Waals surface area (Å²) in [7, 11) is -1.17. The fraction of sp³-hybridized carbons (Fsp3) is 0.760. The molecule has 2 aromatic heterocycles. The highest BCUT2D eigenvalue weighted by Gasteiger charge is 2.12. The van der Waals surface area contributed by atoms with Crippen molar-refractivity contribution in [3.05, 3.63) is 11.6 Å². The van der Waals surface area contributed by atoms with E-state index in [9.17, 15) is 13.2 Å². The quantitative estimate of drug-likeness (QED) is 0.0794. The second-order valence-corrected chi connectivity index (χ2v) is 10.5. The Morgan fingerprint density at radius 3 is 2.03 bits per heavy atom. The van der Waals surface area contributed by atoms with Crippen LogP contribution in [-0.4, -0.2) is 54.1 Å². The van der Waals surface area contributed by atoms with Crippen LogP contribution in [0.1, 0.15) is 96.3 Å². The molecule has 10 nitrogen and oxygen atoms in total. The summed E-state index contributed by atoms with van der Waals surface area (Å²) in [4.78, 5) is 24.0. The van der Waals surface area contributed by atoms with Crippen molar-refractivity contribution in [1.82, 2.24) is 24.2 Å². The zero-order valence-corrected chi connectivity index (χ0v) is 23.7. The fourth-order valence-electron chi connectivity index (χ4n) is 4.31. The number of thiol groups is 1. The van der Waals surface area contributed by atoms with Crippen molar-refractivity contribution in [3.63, 3.8) is 0 Å². The summed E-state index contributed by atoms with van der Waals surface area (Å²) in [6.07, 6.45) is 19.5. The maximum atomic E-state index is 11.1. The second-order valence-electron chi connectivity index (χ2n) is 9.32. The predicted octanol–water partition coefficient (Wildman–Crippen LogP) is 5.03. The standard InChI is InChI=1S/C25H43ClN6O4S/c1-36-21(33)16-14-12-10-8-6-4-2-3-5-7-9-11-13-15-19-32-20-28-22-23(27-17-18-29-37(34)35)30-25(26)31-24(22)32/h20,37H,2-19H2,1H3,(H,27,30,31)(H,29,34,35). The number of carbonyl (C=O) groups is 1. The minimum atomic E-state index is -2.62. The molecule has 0 saturated heterocycles. The van der Waals surface area contributed by atoms with Gasteiger partial charge in [0.15, 0.2) is 17.0 Å². The number of carbonyl (C=O) groups excluding carboxylic acids is 1. The maximum absolute atomic E-state index is 11.1. The Bertz CT molecular complexity index is 993. The number of imidazole rings is 1. The molecule has 0 saturated carbocycles. The van der Waals surface area contributed by atoms with E-state index in [1.165, 1.54) is 77.7 Å². The number of hydrogen-bond acceptors (Lipinski definition) is 8. The van der Waals surface area contributed by atoms with Crippen LogP contribution in [-0.2, 0) is 27.0 Å². The highest BCUT2D eigenvalue weighted by atomic mass is 35.5. The van der Waals surface area contributed by atoms with Gasteiger partial charge in [-0.05, 0) is 24.4 Å². The second kappa shape index (κ2) is 19.1. The number of fused-ring (bicyclic) bond motifs is 1. The number of unbranched alkanes of at least 4 members (excludes halogenated alkanes) is 13. The van der Waals surface area contributed by atoms with Crippen LogP contribution in [0.2, 0.25) is 5.28 Å². The van der Waals surface area contributed by atoms with Crippen LogP contribution in [0.5, 0.6) is 0 Å². The van der Waals surface area contributed by atoms with Crippen molar-refractivity contribution in [2.24, 2.45) is 0 Å². The lowest BCUT2D eigenvalue weighted by Crippen LogP contribution is -2.21. The first kappa shape index (κ1) is 31.2. The first-order valence-corrected chi connectivity index (χ1v) is 15.1. The van der Waals surface area contributed by atoms with Gasteiger partial charge in [-0.25, -0.2) is 18.1 Å². The Morgan fingerprint density at radius 2 is 1.46 bits per heavy atom. The number of halogens is 1. The molecule has 2 N–H and O–H groups in total. The summed E-state index contributed by atoms with van der Waals surface area (Å²) in [6, 6.07) is 0. The van der Waals surface area contributed by atoms with Gasteiger partial charge in [-0.15, -0.1) is 0 Å². The van der Waals surface area contributed by atoms with Gasteiger partial charge in [-0.2, -0.15) is 9.97 Å². The molecule has 2 rings (SSSR count). The number of nitrogens with one attached hydrogen (secondary N) is 2. The van der Waals surface area contributed by atoms with Gasteiger partial charge in [-0.1, -0.05) is 77.0 Å². The van der Waals surface area contributed by atoms with Crippen LogP contribution in [0.4, 0.5) is 5.82 Å². The lowest BCUT2D eigenvalue weighted by atomic mass is 10.0. The summed E-state index contributed by atoms with van der Waals surface area (Å²) in [5, 5.41) is 3.20. The van der Waals surface area contributed by atoms with Crippen molar-refractivity contribution < 1.29 is 17.9 Å². The van der Waals surface area contributed by atoms with E-state index in [0.29, 0.717) is 29.9 Å². The van der Waals surface area contributed by atoms with E-state index in [2.05, 4.69) is 29.7 Å². The fourth-order valence-corrected chi connectivity index (χ4v) is 4.77. The van der Waals surface area contributed by atoms with Crippen molar-refractivity contribution in [2.45, 2.75) is 103 Å². The Morgan fingerprint density at radius 1 is 0.892 bits per heavy atom. The third-order valence-corrected chi connectivity index (χ3v) is 7.00. The van der Waals surface area contributed by atoms with Crippen molar-refractivity contribution in [3.8, 4) is 0 Å². The summed E-state index contributed by atoms with van der Waals surface area (Å²) in [6.45, 7) is 1.45. The molecule has 12 heteroatoms. The minimum Gasteiger partial charge on any atom is -0.469 e. The zero-order valence-electron chi connectivity index (χ0n) is 22.1. The van der Waals surface area contributed by atoms with E-state index < -0.39 is 10.9 Å². The number of rotatable bonds is 22. The highest BCUT2D eigenvalue weighted by molar-refractivity contribution is 7.70. The Labute approximate surface area is 227 Å². The number of aromatic nitrogens is 4. The summed E-state index contributed by atoms with van der Waals surface area (Å²) >= 11 is 6.10. The van der Waals surface area contributed by atoms with Gasteiger partial charge < -0.3 is 14.6 Å². The van der Waals surface area contributed by atoms with Crippen LogP contribution < -0.4 is 10.0 Å². The molecule has 210 valence electrons. The molecule has 0 spiro atoms. The first-order valence-electron chi connectivity index (χ1n) is 13.6. The molecule has 0 aromatic carbocycles. The molecule has 2 aromatic rings. The first-order chi connectivity index (χ1) is 18.0. The van der Waals surface area contributed by atoms with E-state index >= 15 is 0 Å². The summed E-state index contributed by atoms with van der Waals surface area (Å²) in [5.41, 5.74) is 1.32. The van der Waals surface area contributed by atoms with Crippen LogP contribution in [0.3, 0.4) is 0 Å². The van der Waals surface area contributed by atoms with E-state index in [-0.39, 0.29) is 17.8 Å². The summed E-state index contributed by atoms with van der Waals surface area (Å²) < 4.78 is 30.2. The average molecular weight is 559 g/mol. The minimum absolute atomic E-state index is 0.0967. The number of anilines is 1. The van der Waals surface area contributed by atoms with E-state index in [4.69, 9.17) is 11.6 Å². The molecule has 0 unspecified atom stereocenters. The van der Waals surface area contributed by atoms with E-state index in [1.807, 2.05) is 4.57 Å². The average Bonchev–Trinajstić information content (AvgIpc) is 3.28. The third kappa shape index (κ3) is 13.4. The van der Waals surface area contributed by atoms with Gasteiger partial charge >= 0.3 is 5.97 Å². The number of hydrogen-bond donors (Lipinski definition) is 3. The van der Waals surface area contributed by atoms with Gasteiger partial charge in [0, 0.05) is 26.1 Å². The van der Waals surface area contributed by atoms with Gasteiger partial charge in [-0.3, -0.25) is 4.79 Å². The van der Waals surface area contributed by atoms with E-state index in [1.54, 1.807) is 6.33 Å². The van der Waals surface area contributed by atoms with E-state index in [0.717, 1.165) is 25.8 Å². The molecular formula is C25H43ClN6O4S.